The van der Waals surface area contributed by atoms with Gasteiger partial charge in [0, 0.05) is 0 Å². The van der Waals surface area contributed by atoms with Crippen molar-refractivity contribution in [2.75, 3.05) is 6.61 Å². The van der Waals surface area contributed by atoms with Crippen LogP contribution in [0.3, 0.4) is 0 Å². The number of hydrogen-bond donors (Lipinski definition) is 0. The molecule has 94 valence electrons. The number of rotatable bonds is 2. The Morgan fingerprint density at radius 3 is 2.83 bits per heavy atom. The van der Waals surface area contributed by atoms with Gasteiger partial charge >= 0.3 is 127 Å². The molecule has 4 heteroatoms. The number of nitrogens with zero attached hydrogens (tertiary/aromatic N) is 1. The summed E-state index contributed by atoms with van der Waals surface area (Å²) in [5.41, 5.74) is 0. The van der Waals surface area contributed by atoms with E-state index >= 15 is 0 Å². The first kappa shape index (κ1) is 12.7. The zero-order valence-corrected chi connectivity index (χ0v) is 14.2. The first-order valence-electron chi connectivity index (χ1n) is 6.05. The standard InChI is InChI=1S/C14H14INOSe/c1-8(2)10-7-17-14(16-10)13-12(15)9-5-3-4-6-11(9)18-13/h3-6,8,10H,7H2,1-2H3/t10-/m1/s1. The molecule has 2 heterocycles. The van der Waals surface area contributed by atoms with Crippen LogP contribution in [-0.2, 0) is 4.74 Å². The molecule has 0 unspecified atom stereocenters. The van der Waals surface area contributed by atoms with E-state index in [-0.39, 0.29) is 0 Å². The second-order valence-electron chi connectivity index (χ2n) is 4.80. The third kappa shape index (κ3) is 2.15. The summed E-state index contributed by atoms with van der Waals surface area (Å²) < 4.78 is 9.91. The average molecular weight is 418 g/mol. The Kier molecular flexibility index (Phi) is 3.52. The molecule has 0 bridgehead atoms. The molecule has 3 rings (SSSR count). The summed E-state index contributed by atoms with van der Waals surface area (Å²) in [6.07, 6.45) is 0. The molecule has 0 saturated carbocycles. The maximum absolute atomic E-state index is 5.82. The van der Waals surface area contributed by atoms with Crippen molar-refractivity contribution in [2.24, 2.45) is 10.9 Å². The summed E-state index contributed by atoms with van der Waals surface area (Å²) in [5, 5.41) is 1.37. The van der Waals surface area contributed by atoms with Crippen LogP contribution >= 0.6 is 22.6 Å². The summed E-state index contributed by atoms with van der Waals surface area (Å²) in [5.74, 6) is 1.45. The molecule has 0 spiro atoms. The normalized spacial score (nSPS) is 19.3. The predicted molar refractivity (Wildman–Crippen MR) is 84.7 cm³/mol. The monoisotopic (exact) mass is 419 g/mol. The van der Waals surface area contributed by atoms with Crippen LogP contribution in [0.15, 0.2) is 29.3 Å². The van der Waals surface area contributed by atoms with Gasteiger partial charge in [-0.1, -0.05) is 0 Å². The molecule has 0 aliphatic carbocycles. The molecule has 0 saturated heterocycles. The third-order valence-electron chi connectivity index (χ3n) is 3.17. The topological polar surface area (TPSA) is 21.6 Å². The van der Waals surface area contributed by atoms with Gasteiger partial charge in [0.2, 0.25) is 0 Å². The molecular formula is C14H14INOSe. The van der Waals surface area contributed by atoms with Crippen molar-refractivity contribution in [2.45, 2.75) is 19.9 Å². The summed E-state index contributed by atoms with van der Waals surface area (Å²) in [6.45, 7) is 5.15. The first-order valence-corrected chi connectivity index (χ1v) is 8.84. The molecule has 0 fully saturated rings. The van der Waals surface area contributed by atoms with Gasteiger partial charge in [-0.2, -0.15) is 0 Å². The summed E-state index contributed by atoms with van der Waals surface area (Å²) >= 11 is 2.78. The van der Waals surface area contributed by atoms with Gasteiger partial charge in [0.25, 0.3) is 0 Å². The van der Waals surface area contributed by atoms with E-state index in [0.29, 0.717) is 26.5 Å². The Hall–Kier alpha value is -0.321. The van der Waals surface area contributed by atoms with E-state index in [4.69, 9.17) is 9.73 Å². The predicted octanol–water partition coefficient (Wildman–Crippen LogP) is 3.30. The van der Waals surface area contributed by atoms with Crippen LogP contribution < -0.4 is 0 Å². The van der Waals surface area contributed by atoms with Crippen molar-refractivity contribution in [1.82, 2.24) is 0 Å². The Morgan fingerprint density at radius 1 is 1.39 bits per heavy atom. The number of halogens is 1. The summed E-state index contributed by atoms with van der Waals surface area (Å²) in [7, 11) is 0. The molecule has 1 aromatic heterocycles. The SMILES string of the molecule is CC(C)[C@H]1COC(c2[se]c3ccccc3c2I)=N1. The minimum absolute atomic E-state index is 0.330. The molecular weight excluding hydrogens is 404 g/mol. The molecule has 1 aliphatic heterocycles. The van der Waals surface area contributed by atoms with Crippen LogP contribution in [0.2, 0.25) is 0 Å². The number of benzene rings is 1. The molecule has 1 atom stereocenters. The minimum atomic E-state index is 0.330. The van der Waals surface area contributed by atoms with Gasteiger partial charge in [0.05, 0.1) is 0 Å². The van der Waals surface area contributed by atoms with Gasteiger partial charge in [0.15, 0.2) is 0 Å². The van der Waals surface area contributed by atoms with E-state index in [1.54, 1.807) is 0 Å². The zero-order valence-electron chi connectivity index (χ0n) is 10.3. The average Bonchev–Trinajstić information content (AvgIpc) is 2.95. The number of hydrogen-bond acceptors (Lipinski definition) is 2. The van der Waals surface area contributed by atoms with Crippen LogP contribution in [0, 0.1) is 9.49 Å². The molecule has 0 amide bonds. The van der Waals surface area contributed by atoms with E-state index in [1.807, 2.05) is 0 Å². The van der Waals surface area contributed by atoms with Crippen LogP contribution in [-0.4, -0.2) is 33.1 Å². The van der Waals surface area contributed by atoms with Crippen LogP contribution in [0.5, 0.6) is 0 Å². The van der Waals surface area contributed by atoms with E-state index < -0.39 is 0 Å². The van der Waals surface area contributed by atoms with Crippen LogP contribution in [0.4, 0.5) is 0 Å². The Balaban J connectivity index is 2.05. The fourth-order valence-electron chi connectivity index (χ4n) is 2.01. The van der Waals surface area contributed by atoms with Gasteiger partial charge in [-0.3, -0.25) is 0 Å². The van der Waals surface area contributed by atoms with E-state index in [9.17, 15) is 0 Å². The van der Waals surface area contributed by atoms with Gasteiger partial charge in [0.1, 0.15) is 0 Å². The Bertz CT molecular complexity index is 617. The van der Waals surface area contributed by atoms with Crippen molar-refractivity contribution in [3.05, 3.63) is 32.3 Å². The van der Waals surface area contributed by atoms with Crippen molar-refractivity contribution in [3.63, 3.8) is 0 Å². The second kappa shape index (κ2) is 4.99. The summed E-state index contributed by atoms with van der Waals surface area (Å²) in [6, 6.07) is 8.96. The van der Waals surface area contributed by atoms with Crippen LogP contribution in [0.25, 0.3) is 9.65 Å². The fraction of sp³-hybridized carbons (Fsp3) is 0.357. The van der Waals surface area contributed by atoms with Crippen molar-refractivity contribution >= 4 is 52.6 Å². The number of ether oxygens (including phenoxy) is 1. The Morgan fingerprint density at radius 2 is 2.17 bits per heavy atom. The molecule has 1 aliphatic rings. The third-order valence-corrected chi connectivity index (χ3v) is 7.55. The van der Waals surface area contributed by atoms with E-state index in [2.05, 4.69) is 60.7 Å². The fourth-order valence-corrected chi connectivity index (χ4v) is 5.88. The molecule has 2 aromatic rings. The van der Waals surface area contributed by atoms with Gasteiger partial charge in [-0.15, -0.1) is 0 Å². The zero-order chi connectivity index (χ0) is 12.7. The molecule has 2 nitrogen and oxygen atoms in total. The molecule has 0 radical (unpaired) electrons. The number of fused-ring (bicyclic) bond motifs is 1. The van der Waals surface area contributed by atoms with Gasteiger partial charge in [-0.25, -0.2) is 0 Å². The van der Waals surface area contributed by atoms with Crippen LogP contribution in [0.1, 0.15) is 18.3 Å². The van der Waals surface area contributed by atoms with Crippen molar-refractivity contribution < 1.29 is 4.74 Å². The van der Waals surface area contributed by atoms with Crippen molar-refractivity contribution in [3.8, 4) is 0 Å². The van der Waals surface area contributed by atoms with Gasteiger partial charge in [-0.05, 0) is 0 Å². The van der Waals surface area contributed by atoms with E-state index in [0.717, 1.165) is 12.5 Å². The number of aliphatic imine (C=N–C) groups is 1. The van der Waals surface area contributed by atoms with E-state index in [1.165, 1.54) is 17.7 Å². The maximum atomic E-state index is 5.82. The molecule has 0 N–H and O–H groups in total. The second-order valence-corrected chi connectivity index (χ2v) is 8.08. The first-order chi connectivity index (χ1) is 8.66. The van der Waals surface area contributed by atoms with Gasteiger partial charge < -0.3 is 0 Å². The van der Waals surface area contributed by atoms with Crippen molar-refractivity contribution in [1.29, 1.82) is 0 Å². The summed E-state index contributed by atoms with van der Waals surface area (Å²) in [4.78, 5) is 4.75. The quantitative estimate of drug-likeness (QED) is 0.542. The molecule has 1 aromatic carbocycles. The Labute approximate surface area is 126 Å². The molecule has 18 heavy (non-hydrogen) atoms.